The zero-order valence-corrected chi connectivity index (χ0v) is 16.3. The van der Waals surface area contributed by atoms with Gasteiger partial charge in [0.2, 0.25) is 5.91 Å². The van der Waals surface area contributed by atoms with Crippen LogP contribution in [0.1, 0.15) is 31.1 Å². The highest BCUT2D eigenvalue weighted by Gasteiger charge is 2.16. The molecule has 3 amide bonds. The molecule has 8 heteroatoms. The Balaban J connectivity index is 1.65. The Labute approximate surface area is 164 Å². The lowest BCUT2D eigenvalue weighted by atomic mass is 10.2. The molecule has 0 fully saturated rings. The second-order valence-electron chi connectivity index (χ2n) is 7.10. The van der Waals surface area contributed by atoms with E-state index < -0.39 is 11.7 Å². The summed E-state index contributed by atoms with van der Waals surface area (Å²) in [5.74, 6) is -0.587. The lowest BCUT2D eigenvalue weighted by Gasteiger charge is -2.19. The average Bonchev–Trinajstić information content (AvgIpc) is 3.17. The number of carbonyl (C=O) groups excluding carboxylic acids is 3. The Morgan fingerprint density at radius 3 is 2.14 bits per heavy atom. The molecule has 1 aromatic carbocycles. The molecular weight excluding hydrogens is 360 g/mol. The number of hydrogen-bond donors (Lipinski definition) is 3. The summed E-state index contributed by atoms with van der Waals surface area (Å²) in [6.07, 6.45) is 3.20. The van der Waals surface area contributed by atoms with E-state index in [0.717, 1.165) is 5.69 Å². The fourth-order valence-electron chi connectivity index (χ4n) is 2.30. The smallest absolute Gasteiger partial charge is 0.408 e. The summed E-state index contributed by atoms with van der Waals surface area (Å²) < 4.78 is 6.98. The number of rotatable bonds is 7. The van der Waals surface area contributed by atoms with Gasteiger partial charge in [0, 0.05) is 36.7 Å². The van der Waals surface area contributed by atoms with Gasteiger partial charge in [-0.15, -0.1) is 0 Å². The van der Waals surface area contributed by atoms with Gasteiger partial charge in [-0.05, 0) is 57.2 Å². The van der Waals surface area contributed by atoms with Crippen LogP contribution in [0.15, 0.2) is 48.8 Å². The normalized spacial score (nSPS) is 10.8. The molecule has 0 unspecified atom stereocenters. The van der Waals surface area contributed by atoms with E-state index in [1.54, 1.807) is 32.9 Å². The predicted octanol–water partition coefficient (Wildman–Crippen LogP) is 1.85. The molecule has 0 radical (unpaired) electrons. The molecule has 0 aliphatic carbocycles. The number of hydrogen-bond acceptors (Lipinski definition) is 4. The third kappa shape index (κ3) is 7.14. The number of benzene rings is 1. The van der Waals surface area contributed by atoms with Gasteiger partial charge in [0.05, 0.1) is 6.54 Å². The molecule has 3 N–H and O–H groups in total. The zero-order chi connectivity index (χ0) is 20.6. The van der Waals surface area contributed by atoms with Gasteiger partial charge >= 0.3 is 6.09 Å². The lowest BCUT2D eigenvalue weighted by Crippen LogP contribution is -2.42. The Bertz CT molecular complexity index is 793. The average molecular weight is 386 g/mol. The first kappa shape index (κ1) is 21.0. The van der Waals surface area contributed by atoms with Crippen molar-refractivity contribution < 1.29 is 19.1 Å². The van der Waals surface area contributed by atoms with Crippen LogP contribution in [0.25, 0.3) is 5.69 Å². The Morgan fingerprint density at radius 2 is 1.54 bits per heavy atom. The number of amides is 3. The Morgan fingerprint density at radius 1 is 0.929 bits per heavy atom. The van der Waals surface area contributed by atoms with Gasteiger partial charge in [-0.25, -0.2) is 4.79 Å². The molecule has 2 aromatic rings. The number of alkyl carbamates (subject to hydrolysis) is 1. The Hall–Kier alpha value is -3.29. The number of nitrogens with one attached hydrogen (secondary N) is 3. The molecule has 1 aromatic heterocycles. The van der Waals surface area contributed by atoms with Crippen molar-refractivity contribution >= 4 is 17.9 Å². The summed E-state index contributed by atoms with van der Waals surface area (Å²) in [4.78, 5) is 35.3. The molecule has 1 heterocycles. The van der Waals surface area contributed by atoms with Crippen LogP contribution >= 0.6 is 0 Å². The highest BCUT2D eigenvalue weighted by Crippen LogP contribution is 2.10. The monoisotopic (exact) mass is 386 g/mol. The molecule has 0 bridgehead atoms. The van der Waals surface area contributed by atoms with E-state index in [1.165, 1.54) is 0 Å². The molecule has 0 saturated carbocycles. The second kappa shape index (κ2) is 9.59. The van der Waals surface area contributed by atoms with Crippen LogP contribution in [0.3, 0.4) is 0 Å². The van der Waals surface area contributed by atoms with E-state index in [4.69, 9.17) is 4.74 Å². The molecular formula is C20H26N4O4. The molecule has 150 valence electrons. The summed E-state index contributed by atoms with van der Waals surface area (Å²) in [5, 5.41) is 7.71. The second-order valence-corrected chi connectivity index (χ2v) is 7.10. The minimum absolute atomic E-state index is 0.191. The molecule has 0 aliphatic rings. The maximum Gasteiger partial charge on any atom is 0.408 e. The summed E-state index contributed by atoms with van der Waals surface area (Å²) in [5.41, 5.74) is 0.880. The van der Waals surface area contributed by atoms with Gasteiger partial charge in [0.25, 0.3) is 5.91 Å². The van der Waals surface area contributed by atoms with Gasteiger partial charge in [0.15, 0.2) is 0 Å². The first-order valence-electron chi connectivity index (χ1n) is 9.00. The first-order valence-corrected chi connectivity index (χ1v) is 9.00. The van der Waals surface area contributed by atoms with E-state index in [1.807, 2.05) is 41.2 Å². The number of carbonyl (C=O) groups is 3. The standard InChI is InChI=1S/C20H26N4O4/c1-20(2,3)28-19(27)23-14-17(25)21-10-11-22-18(26)15-6-8-16(9-7-15)24-12-4-5-13-24/h4-9,12-13H,10-11,14H2,1-3H3,(H,21,25)(H,22,26)(H,23,27). The molecule has 0 atom stereocenters. The third-order valence-corrected chi connectivity index (χ3v) is 3.56. The van der Waals surface area contributed by atoms with Gasteiger partial charge < -0.3 is 25.3 Å². The van der Waals surface area contributed by atoms with Crippen LogP contribution in [0.4, 0.5) is 4.79 Å². The topological polar surface area (TPSA) is 101 Å². The van der Waals surface area contributed by atoms with Crippen molar-refractivity contribution in [2.75, 3.05) is 19.6 Å². The minimum Gasteiger partial charge on any atom is -0.444 e. The summed E-state index contributed by atoms with van der Waals surface area (Å²) in [7, 11) is 0. The number of ether oxygens (including phenoxy) is 1. The highest BCUT2D eigenvalue weighted by molar-refractivity contribution is 5.94. The van der Waals surface area contributed by atoms with Crippen molar-refractivity contribution in [3.05, 3.63) is 54.4 Å². The molecule has 0 aliphatic heterocycles. The van der Waals surface area contributed by atoms with Crippen LogP contribution in [0.2, 0.25) is 0 Å². The maximum atomic E-state index is 12.1. The van der Waals surface area contributed by atoms with Crippen molar-refractivity contribution in [3.63, 3.8) is 0 Å². The van der Waals surface area contributed by atoms with E-state index in [9.17, 15) is 14.4 Å². The predicted molar refractivity (Wildman–Crippen MR) is 105 cm³/mol. The van der Waals surface area contributed by atoms with Crippen LogP contribution in [0.5, 0.6) is 0 Å². The van der Waals surface area contributed by atoms with Crippen LogP contribution in [-0.2, 0) is 9.53 Å². The molecule has 8 nitrogen and oxygen atoms in total. The van der Waals surface area contributed by atoms with Crippen molar-refractivity contribution in [1.29, 1.82) is 0 Å². The maximum absolute atomic E-state index is 12.1. The fourth-order valence-corrected chi connectivity index (χ4v) is 2.30. The quantitative estimate of drug-likeness (QED) is 0.632. The van der Waals surface area contributed by atoms with E-state index in [0.29, 0.717) is 5.56 Å². The van der Waals surface area contributed by atoms with E-state index >= 15 is 0 Å². The van der Waals surface area contributed by atoms with Crippen molar-refractivity contribution in [3.8, 4) is 5.69 Å². The minimum atomic E-state index is -0.653. The fraction of sp³-hybridized carbons (Fsp3) is 0.350. The lowest BCUT2D eigenvalue weighted by molar-refractivity contribution is -0.120. The van der Waals surface area contributed by atoms with Gasteiger partial charge in [-0.1, -0.05) is 0 Å². The molecule has 0 saturated heterocycles. The van der Waals surface area contributed by atoms with Gasteiger partial charge in [-0.2, -0.15) is 0 Å². The summed E-state index contributed by atoms with van der Waals surface area (Å²) in [6.45, 7) is 5.55. The van der Waals surface area contributed by atoms with Gasteiger partial charge in [0.1, 0.15) is 5.60 Å². The van der Waals surface area contributed by atoms with Crippen LogP contribution < -0.4 is 16.0 Å². The van der Waals surface area contributed by atoms with Crippen LogP contribution in [-0.4, -0.2) is 47.7 Å². The van der Waals surface area contributed by atoms with Gasteiger partial charge in [-0.3, -0.25) is 9.59 Å². The number of nitrogens with zero attached hydrogens (tertiary/aromatic N) is 1. The third-order valence-electron chi connectivity index (χ3n) is 3.56. The molecule has 2 rings (SSSR count). The van der Waals surface area contributed by atoms with Crippen molar-refractivity contribution in [1.82, 2.24) is 20.5 Å². The highest BCUT2D eigenvalue weighted by atomic mass is 16.6. The number of aromatic nitrogens is 1. The van der Waals surface area contributed by atoms with Crippen LogP contribution in [0, 0.1) is 0 Å². The van der Waals surface area contributed by atoms with E-state index in [-0.39, 0.29) is 31.4 Å². The van der Waals surface area contributed by atoms with Crippen molar-refractivity contribution in [2.24, 2.45) is 0 Å². The molecule has 0 spiro atoms. The van der Waals surface area contributed by atoms with Crippen molar-refractivity contribution in [2.45, 2.75) is 26.4 Å². The van der Waals surface area contributed by atoms with E-state index in [2.05, 4.69) is 16.0 Å². The summed E-state index contributed by atoms with van der Waals surface area (Å²) >= 11 is 0. The zero-order valence-electron chi connectivity index (χ0n) is 16.3. The molecule has 28 heavy (non-hydrogen) atoms. The summed E-state index contributed by atoms with van der Waals surface area (Å²) in [6, 6.07) is 11.1. The largest absolute Gasteiger partial charge is 0.444 e. The first-order chi connectivity index (χ1) is 13.2. The Kier molecular flexibility index (Phi) is 7.20. The SMILES string of the molecule is CC(C)(C)OC(=O)NCC(=O)NCCNC(=O)c1ccc(-n2cccc2)cc1.